The minimum absolute atomic E-state index is 0.280. The summed E-state index contributed by atoms with van der Waals surface area (Å²) in [6, 6.07) is 14.8. The van der Waals surface area contributed by atoms with E-state index in [9.17, 15) is 9.59 Å². The van der Waals surface area contributed by atoms with E-state index in [1.165, 1.54) is 4.90 Å². The van der Waals surface area contributed by atoms with Gasteiger partial charge in [-0.1, -0.05) is 24.3 Å². The monoisotopic (exact) mass is 392 g/mol. The molecule has 5 heteroatoms. The molecule has 1 heterocycles. The predicted octanol–water partition coefficient (Wildman–Crippen LogP) is 2.77. The molecule has 0 fully saturated rings. The van der Waals surface area contributed by atoms with Gasteiger partial charge in [0.05, 0.1) is 11.4 Å². The van der Waals surface area contributed by atoms with Crippen molar-refractivity contribution < 1.29 is 9.59 Å². The molecule has 2 aromatic carbocycles. The Morgan fingerprint density at radius 1 is 1.14 bits per heavy atom. The minimum Gasteiger partial charge on any atom is -0.360 e. The van der Waals surface area contributed by atoms with Crippen LogP contribution >= 0.6 is 22.6 Å². The van der Waals surface area contributed by atoms with E-state index >= 15 is 0 Å². The summed E-state index contributed by atoms with van der Waals surface area (Å²) in [7, 11) is 1.69. The topological polar surface area (TPSA) is 49.4 Å². The van der Waals surface area contributed by atoms with Crippen LogP contribution in [-0.2, 0) is 15.1 Å². The summed E-state index contributed by atoms with van der Waals surface area (Å²) in [5.41, 5.74) is 0.813. The highest BCUT2D eigenvalue weighted by Gasteiger charge is 2.46. The van der Waals surface area contributed by atoms with Gasteiger partial charge in [-0.3, -0.25) is 9.59 Å². The number of aldehydes is 1. The SMILES string of the molecule is CN1C(=O)C(C=O)(c2ccc(I)cc2)Nc2ccccc21. The molecule has 1 N–H and O–H groups in total. The van der Waals surface area contributed by atoms with Gasteiger partial charge < -0.3 is 10.2 Å². The molecule has 0 radical (unpaired) electrons. The average Bonchev–Trinajstić information content (AvgIpc) is 2.52. The Morgan fingerprint density at radius 2 is 1.81 bits per heavy atom. The summed E-state index contributed by atoms with van der Waals surface area (Å²) in [4.78, 5) is 26.1. The maximum Gasteiger partial charge on any atom is 0.264 e. The number of hydrogen-bond acceptors (Lipinski definition) is 3. The number of carbonyl (C=O) groups is 2. The third kappa shape index (κ3) is 2.12. The summed E-state index contributed by atoms with van der Waals surface area (Å²) in [6.07, 6.45) is 0.684. The van der Waals surface area contributed by atoms with Gasteiger partial charge >= 0.3 is 0 Å². The smallest absolute Gasteiger partial charge is 0.264 e. The zero-order chi connectivity index (χ0) is 15.0. The molecule has 1 atom stereocenters. The number of nitrogens with zero attached hydrogens (tertiary/aromatic N) is 1. The predicted molar refractivity (Wildman–Crippen MR) is 90.4 cm³/mol. The molecule has 1 aliphatic heterocycles. The second-order valence-electron chi connectivity index (χ2n) is 4.94. The van der Waals surface area contributed by atoms with Crippen LogP contribution in [0.25, 0.3) is 0 Å². The Balaban J connectivity index is 2.17. The quantitative estimate of drug-likeness (QED) is 0.486. The van der Waals surface area contributed by atoms with Gasteiger partial charge in [0.2, 0.25) is 0 Å². The molecule has 2 aromatic rings. The molecular weight excluding hydrogens is 379 g/mol. The fourth-order valence-electron chi connectivity index (χ4n) is 2.57. The molecule has 0 aliphatic carbocycles. The number of rotatable bonds is 2. The Morgan fingerprint density at radius 3 is 2.48 bits per heavy atom. The summed E-state index contributed by atoms with van der Waals surface area (Å²) in [5.74, 6) is -0.280. The van der Waals surface area contributed by atoms with Crippen molar-refractivity contribution in [2.75, 3.05) is 17.3 Å². The molecule has 0 saturated carbocycles. The van der Waals surface area contributed by atoms with Crippen LogP contribution in [0.1, 0.15) is 5.56 Å². The van der Waals surface area contributed by atoms with Crippen molar-refractivity contribution in [1.82, 2.24) is 0 Å². The first-order chi connectivity index (χ1) is 10.1. The molecule has 21 heavy (non-hydrogen) atoms. The molecule has 1 aliphatic rings. The lowest BCUT2D eigenvalue weighted by molar-refractivity contribution is -0.128. The highest BCUT2D eigenvalue weighted by atomic mass is 127. The second-order valence-corrected chi connectivity index (χ2v) is 6.18. The number of anilines is 2. The van der Waals surface area contributed by atoms with Crippen molar-refractivity contribution in [1.29, 1.82) is 0 Å². The molecule has 1 amide bonds. The number of halogens is 1. The number of carbonyl (C=O) groups excluding carboxylic acids is 2. The summed E-state index contributed by atoms with van der Waals surface area (Å²) in [6.45, 7) is 0. The van der Waals surface area contributed by atoms with E-state index in [0.29, 0.717) is 11.8 Å². The first-order valence-corrected chi connectivity index (χ1v) is 7.54. The van der Waals surface area contributed by atoms with E-state index in [-0.39, 0.29) is 5.91 Å². The minimum atomic E-state index is -1.37. The lowest BCUT2D eigenvalue weighted by Gasteiger charge is -2.39. The average molecular weight is 392 g/mol. The molecule has 1 unspecified atom stereocenters. The maximum atomic E-state index is 12.8. The Labute approximate surface area is 136 Å². The molecule has 0 bridgehead atoms. The molecule has 3 rings (SSSR count). The van der Waals surface area contributed by atoms with Crippen molar-refractivity contribution in [3.8, 4) is 0 Å². The fraction of sp³-hybridized carbons (Fsp3) is 0.125. The number of likely N-dealkylation sites (N-methyl/N-ethyl adjacent to an activating group) is 1. The molecular formula is C16H13IN2O2. The summed E-state index contributed by atoms with van der Waals surface area (Å²) in [5, 5.41) is 3.11. The zero-order valence-electron chi connectivity index (χ0n) is 11.3. The van der Waals surface area contributed by atoms with Gasteiger partial charge in [-0.25, -0.2) is 0 Å². The lowest BCUT2D eigenvalue weighted by atomic mass is 9.87. The van der Waals surface area contributed by atoms with Gasteiger partial charge in [0.1, 0.15) is 0 Å². The van der Waals surface area contributed by atoms with Gasteiger partial charge in [0.15, 0.2) is 11.8 Å². The molecule has 0 spiro atoms. The highest BCUT2D eigenvalue weighted by molar-refractivity contribution is 14.1. The lowest BCUT2D eigenvalue weighted by Crippen LogP contribution is -2.55. The highest BCUT2D eigenvalue weighted by Crippen LogP contribution is 2.38. The standard InChI is InChI=1S/C16H13IN2O2/c1-19-14-5-3-2-4-13(14)18-16(10-20,15(19)21)11-6-8-12(17)9-7-11/h2-10,18H,1H3. The van der Waals surface area contributed by atoms with E-state index in [1.54, 1.807) is 7.05 Å². The summed E-state index contributed by atoms with van der Waals surface area (Å²) < 4.78 is 1.05. The van der Waals surface area contributed by atoms with Crippen molar-refractivity contribution in [3.05, 3.63) is 57.7 Å². The zero-order valence-corrected chi connectivity index (χ0v) is 13.5. The Bertz CT molecular complexity index is 714. The maximum absolute atomic E-state index is 12.8. The van der Waals surface area contributed by atoms with Crippen LogP contribution in [0.5, 0.6) is 0 Å². The molecule has 106 valence electrons. The molecule has 4 nitrogen and oxygen atoms in total. The van der Waals surface area contributed by atoms with Crippen molar-refractivity contribution in [3.63, 3.8) is 0 Å². The van der Waals surface area contributed by atoms with Crippen LogP contribution in [0.15, 0.2) is 48.5 Å². The van der Waals surface area contributed by atoms with Gasteiger partial charge in [0, 0.05) is 10.6 Å². The number of nitrogens with one attached hydrogen (secondary N) is 1. The Kier molecular flexibility index (Phi) is 3.44. The third-order valence-corrected chi connectivity index (χ3v) is 4.43. The largest absolute Gasteiger partial charge is 0.360 e. The van der Waals surface area contributed by atoms with Crippen LogP contribution in [0, 0.1) is 3.57 Å². The first kappa shape index (κ1) is 14.1. The molecule has 0 saturated heterocycles. The van der Waals surface area contributed by atoms with E-state index in [0.717, 1.165) is 14.9 Å². The van der Waals surface area contributed by atoms with Crippen molar-refractivity contribution in [2.24, 2.45) is 0 Å². The first-order valence-electron chi connectivity index (χ1n) is 6.46. The fourth-order valence-corrected chi connectivity index (χ4v) is 2.93. The van der Waals surface area contributed by atoms with E-state index in [4.69, 9.17) is 0 Å². The Hall–Kier alpha value is -1.89. The van der Waals surface area contributed by atoms with E-state index in [2.05, 4.69) is 27.9 Å². The van der Waals surface area contributed by atoms with Crippen LogP contribution in [0.2, 0.25) is 0 Å². The van der Waals surface area contributed by atoms with Crippen LogP contribution < -0.4 is 10.2 Å². The van der Waals surface area contributed by atoms with Gasteiger partial charge in [0.25, 0.3) is 5.91 Å². The number of benzene rings is 2. The molecule has 0 aromatic heterocycles. The van der Waals surface area contributed by atoms with E-state index < -0.39 is 5.54 Å². The van der Waals surface area contributed by atoms with Gasteiger partial charge in [-0.2, -0.15) is 0 Å². The van der Waals surface area contributed by atoms with E-state index in [1.807, 2.05) is 48.5 Å². The second kappa shape index (κ2) is 5.14. The third-order valence-electron chi connectivity index (χ3n) is 3.72. The van der Waals surface area contributed by atoms with Crippen molar-refractivity contribution >= 4 is 46.2 Å². The summed E-state index contributed by atoms with van der Waals surface area (Å²) >= 11 is 2.19. The van der Waals surface area contributed by atoms with Crippen LogP contribution in [-0.4, -0.2) is 19.2 Å². The number of hydrogen-bond donors (Lipinski definition) is 1. The van der Waals surface area contributed by atoms with Crippen LogP contribution in [0.3, 0.4) is 0 Å². The number of para-hydroxylation sites is 2. The van der Waals surface area contributed by atoms with Gasteiger partial charge in [-0.05, 0) is 52.4 Å². The number of fused-ring (bicyclic) bond motifs is 1. The number of amides is 1. The normalized spacial score (nSPS) is 20.7. The van der Waals surface area contributed by atoms with Crippen LogP contribution in [0.4, 0.5) is 11.4 Å². The van der Waals surface area contributed by atoms with Gasteiger partial charge in [-0.15, -0.1) is 0 Å². The van der Waals surface area contributed by atoms with Crippen molar-refractivity contribution in [2.45, 2.75) is 5.54 Å².